The number of sulfonamides is 1. The van der Waals surface area contributed by atoms with Crippen molar-refractivity contribution in [1.82, 2.24) is 9.62 Å². The van der Waals surface area contributed by atoms with Crippen molar-refractivity contribution >= 4 is 21.9 Å². The van der Waals surface area contributed by atoms with Gasteiger partial charge in [0.15, 0.2) is 0 Å². The minimum atomic E-state index is -3.51. The molecule has 1 aliphatic heterocycles. The number of carboxylic acids is 1. The molecule has 0 spiro atoms. The quantitative estimate of drug-likeness (QED) is 0.828. The average Bonchev–Trinajstić information content (AvgIpc) is 3.02. The smallest absolute Gasteiger partial charge is 0.325 e. The Hall–Kier alpha value is -1.93. The molecule has 1 aliphatic rings. The van der Waals surface area contributed by atoms with E-state index in [1.165, 1.54) is 35.5 Å². The first-order chi connectivity index (χ1) is 10.3. The van der Waals surface area contributed by atoms with Gasteiger partial charge in [0, 0.05) is 18.7 Å². The number of nitrogens with one attached hydrogen (secondary N) is 1. The van der Waals surface area contributed by atoms with Gasteiger partial charge in [-0.3, -0.25) is 9.59 Å². The lowest BCUT2D eigenvalue weighted by atomic mass is 10.2. The number of nitrogens with zero attached hydrogens (tertiary/aromatic N) is 1. The summed E-state index contributed by atoms with van der Waals surface area (Å²) in [7, 11) is -3.51. The number of carbonyl (C=O) groups is 2. The number of carbonyl (C=O) groups excluding carboxylic acids is 1. The molecular weight excluding hydrogens is 308 g/mol. The fourth-order valence-corrected chi connectivity index (χ4v) is 3.71. The van der Waals surface area contributed by atoms with Crippen LogP contribution in [0.1, 0.15) is 30.1 Å². The molecule has 1 saturated heterocycles. The van der Waals surface area contributed by atoms with Crippen LogP contribution in [-0.2, 0) is 14.8 Å². The van der Waals surface area contributed by atoms with Gasteiger partial charge in [-0.1, -0.05) is 0 Å². The second-order valence-corrected chi connectivity index (χ2v) is 7.11. The summed E-state index contributed by atoms with van der Waals surface area (Å²) in [6.07, 6.45) is 1.71. The van der Waals surface area contributed by atoms with Crippen LogP contribution in [0.3, 0.4) is 0 Å². The van der Waals surface area contributed by atoms with Crippen molar-refractivity contribution in [2.45, 2.75) is 30.7 Å². The molecule has 0 saturated carbocycles. The predicted molar refractivity (Wildman–Crippen MR) is 79.0 cm³/mol. The fourth-order valence-electron chi connectivity index (χ4n) is 2.20. The van der Waals surface area contributed by atoms with Crippen molar-refractivity contribution in [2.75, 3.05) is 13.1 Å². The second kappa shape index (κ2) is 6.45. The molecule has 120 valence electrons. The largest absolute Gasteiger partial charge is 0.480 e. The third-order valence-electron chi connectivity index (χ3n) is 3.54. The molecule has 0 bridgehead atoms. The number of hydrogen-bond acceptors (Lipinski definition) is 4. The Balaban J connectivity index is 2.13. The highest BCUT2D eigenvalue weighted by molar-refractivity contribution is 7.89. The number of aliphatic carboxylic acids is 1. The number of amides is 1. The van der Waals surface area contributed by atoms with E-state index in [-0.39, 0.29) is 10.5 Å². The van der Waals surface area contributed by atoms with E-state index >= 15 is 0 Å². The van der Waals surface area contributed by atoms with E-state index in [0.717, 1.165) is 12.8 Å². The number of hydrogen-bond donors (Lipinski definition) is 2. The molecule has 7 nitrogen and oxygen atoms in total. The van der Waals surface area contributed by atoms with Crippen LogP contribution < -0.4 is 5.32 Å². The zero-order valence-corrected chi connectivity index (χ0v) is 13.0. The minimum absolute atomic E-state index is 0.136. The van der Waals surface area contributed by atoms with Crippen molar-refractivity contribution in [3.05, 3.63) is 29.8 Å². The second-order valence-electron chi connectivity index (χ2n) is 5.17. The molecular formula is C14H18N2O5S. The van der Waals surface area contributed by atoms with Gasteiger partial charge in [-0.15, -0.1) is 0 Å². The lowest BCUT2D eigenvalue weighted by Crippen LogP contribution is -2.38. The van der Waals surface area contributed by atoms with Gasteiger partial charge in [-0.2, -0.15) is 4.31 Å². The monoisotopic (exact) mass is 326 g/mol. The zero-order valence-electron chi connectivity index (χ0n) is 12.2. The first kappa shape index (κ1) is 16.4. The zero-order chi connectivity index (χ0) is 16.3. The summed E-state index contributed by atoms with van der Waals surface area (Å²) in [6.45, 7) is 2.38. The molecule has 1 aromatic carbocycles. The maximum absolute atomic E-state index is 12.3. The van der Waals surface area contributed by atoms with Crippen LogP contribution in [-0.4, -0.2) is 48.8 Å². The van der Waals surface area contributed by atoms with Crippen molar-refractivity contribution in [3.63, 3.8) is 0 Å². The molecule has 1 fully saturated rings. The minimum Gasteiger partial charge on any atom is -0.480 e. The van der Waals surface area contributed by atoms with Crippen LogP contribution in [0.15, 0.2) is 29.2 Å². The molecule has 0 aromatic heterocycles. The average molecular weight is 326 g/mol. The summed E-state index contributed by atoms with van der Waals surface area (Å²) >= 11 is 0. The first-order valence-corrected chi connectivity index (χ1v) is 8.40. The summed E-state index contributed by atoms with van der Waals surface area (Å²) < 4.78 is 26.1. The predicted octanol–water partition coefficient (Wildman–Crippen LogP) is 0.674. The highest BCUT2D eigenvalue weighted by Gasteiger charge is 2.27. The van der Waals surface area contributed by atoms with E-state index in [0.29, 0.717) is 13.1 Å². The molecule has 1 aromatic rings. The van der Waals surface area contributed by atoms with Crippen LogP contribution in [0.25, 0.3) is 0 Å². The Kier molecular flexibility index (Phi) is 4.82. The van der Waals surface area contributed by atoms with Crippen LogP contribution in [0.2, 0.25) is 0 Å². The molecule has 22 heavy (non-hydrogen) atoms. The third-order valence-corrected chi connectivity index (χ3v) is 5.45. The van der Waals surface area contributed by atoms with Gasteiger partial charge in [0.1, 0.15) is 6.04 Å². The molecule has 0 aliphatic carbocycles. The van der Waals surface area contributed by atoms with E-state index in [2.05, 4.69) is 5.32 Å². The van der Waals surface area contributed by atoms with Crippen molar-refractivity contribution in [2.24, 2.45) is 0 Å². The van der Waals surface area contributed by atoms with Crippen LogP contribution >= 0.6 is 0 Å². The van der Waals surface area contributed by atoms with Gasteiger partial charge in [0.2, 0.25) is 10.0 Å². The Labute approximate surface area is 129 Å². The van der Waals surface area contributed by atoms with Crippen molar-refractivity contribution in [1.29, 1.82) is 0 Å². The van der Waals surface area contributed by atoms with E-state index in [1.807, 2.05) is 0 Å². The molecule has 1 atom stereocenters. The normalized spacial score (nSPS) is 17.1. The maximum atomic E-state index is 12.3. The van der Waals surface area contributed by atoms with Crippen molar-refractivity contribution in [3.8, 4) is 0 Å². The molecule has 1 unspecified atom stereocenters. The highest BCUT2D eigenvalue weighted by Crippen LogP contribution is 2.21. The Bertz CT molecular complexity index is 663. The van der Waals surface area contributed by atoms with Crippen LogP contribution in [0.4, 0.5) is 0 Å². The van der Waals surface area contributed by atoms with Gasteiger partial charge >= 0.3 is 5.97 Å². The van der Waals surface area contributed by atoms with Crippen LogP contribution in [0.5, 0.6) is 0 Å². The SMILES string of the molecule is CC(NC(=O)c1ccc(S(=O)(=O)N2CCCC2)cc1)C(=O)O. The Morgan fingerprint density at radius 1 is 1.18 bits per heavy atom. The number of carboxylic acid groups (broad SMARTS) is 1. The highest BCUT2D eigenvalue weighted by atomic mass is 32.2. The molecule has 2 N–H and O–H groups in total. The third kappa shape index (κ3) is 3.45. The Morgan fingerprint density at radius 3 is 2.23 bits per heavy atom. The standard InChI is InChI=1S/C14H18N2O5S/c1-10(14(18)19)15-13(17)11-4-6-12(7-5-11)22(20,21)16-8-2-3-9-16/h4-7,10H,2-3,8-9H2,1H3,(H,15,17)(H,18,19). The van der Waals surface area contributed by atoms with Gasteiger partial charge < -0.3 is 10.4 Å². The topological polar surface area (TPSA) is 104 Å². The van der Waals surface area contributed by atoms with E-state index in [1.54, 1.807) is 0 Å². The summed E-state index contributed by atoms with van der Waals surface area (Å²) in [4.78, 5) is 22.7. The lowest BCUT2D eigenvalue weighted by Gasteiger charge is -2.15. The maximum Gasteiger partial charge on any atom is 0.325 e. The fraction of sp³-hybridized carbons (Fsp3) is 0.429. The molecule has 8 heteroatoms. The summed E-state index contributed by atoms with van der Waals surface area (Å²) in [6, 6.07) is 4.49. The van der Waals surface area contributed by atoms with Crippen LogP contribution in [0, 0.1) is 0 Å². The lowest BCUT2D eigenvalue weighted by molar-refractivity contribution is -0.138. The van der Waals surface area contributed by atoms with E-state index in [9.17, 15) is 18.0 Å². The number of rotatable bonds is 5. The van der Waals surface area contributed by atoms with E-state index in [4.69, 9.17) is 5.11 Å². The van der Waals surface area contributed by atoms with Crippen molar-refractivity contribution < 1.29 is 23.1 Å². The summed E-state index contributed by atoms with van der Waals surface area (Å²) in [5, 5.41) is 11.1. The number of benzene rings is 1. The summed E-state index contributed by atoms with van der Waals surface area (Å²) in [5.41, 5.74) is 0.216. The van der Waals surface area contributed by atoms with E-state index < -0.39 is 27.9 Å². The van der Waals surface area contributed by atoms with Gasteiger partial charge in [0.25, 0.3) is 5.91 Å². The molecule has 1 amide bonds. The van der Waals surface area contributed by atoms with Gasteiger partial charge in [-0.25, -0.2) is 8.42 Å². The molecule has 0 radical (unpaired) electrons. The first-order valence-electron chi connectivity index (χ1n) is 6.96. The Morgan fingerprint density at radius 2 is 1.73 bits per heavy atom. The van der Waals surface area contributed by atoms with Gasteiger partial charge in [-0.05, 0) is 44.0 Å². The summed E-state index contributed by atoms with van der Waals surface area (Å²) in [5.74, 6) is -1.69. The van der Waals surface area contributed by atoms with Gasteiger partial charge in [0.05, 0.1) is 4.90 Å². The molecule has 2 rings (SSSR count). The molecule has 1 heterocycles.